The number of aromatic nitrogens is 1. The number of nitrogens with zero attached hydrogens (tertiary/aromatic N) is 2. The van der Waals surface area contributed by atoms with E-state index in [1.165, 1.54) is 0 Å². The van der Waals surface area contributed by atoms with E-state index in [4.69, 9.17) is 4.74 Å². The summed E-state index contributed by atoms with van der Waals surface area (Å²) in [5, 5.41) is 3.86. The fourth-order valence-electron chi connectivity index (χ4n) is 3.33. The zero-order valence-electron chi connectivity index (χ0n) is 15.4. The molecule has 1 aliphatic heterocycles. The second-order valence-electron chi connectivity index (χ2n) is 6.63. The van der Waals surface area contributed by atoms with Crippen molar-refractivity contribution in [1.82, 2.24) is 10.3 Å². The number of benzene rings is 2. The fraction of sp³-hybridized carbons (Fsp3) is 0.227. The third-order valence-corrected chi connectivity index (χ3v) is 4.76. The first kappa shape index (κ1) is 18.0. The largest absolute Gasteiger partial charge is 0.489 e. The Morgan fingerprint density at radius 1 is 1.11 bits per heavy atom. The zero-order chi connectivity index (χ0) is 19.3. The van der Waals surface area contributed by atoms with Crippen LogP contribution in [0, 0.1) is 0 Å². The average molecular weight is 375 g/mol. The molecule has 0 atom stereocenters. The summed E-state index contributed by atoms with van der Waals surface area (Å²) >= 11 is 0. The molecule has 0 unspecified atom stereocenters. The van der Waals surface area contributed by atoms with Gasteiger partial charge in [0.2, 0.25) is 5.91 Å². The van der Waals surface area contributed by atoms with Crippen LogP contribution in [0.1, 0.15) is 23.2 Å². The highest BCUT2D eigenvalue weighted by atomic mass is 16.5. The number of anilines is 1. The Labute approximate surface area is 163 Å². The van der Waals surface area contributed by atoms with Crippen molar-refractivity contribution in [3.63, 3.8) is 0 Å². The van der Waals surface area contributed by atoms with Crippen molar-refractivity contribution in [2.45, 2.75) is 12.8 Å². The van der Waals surface area contributed by atoms with E-state index in [2.05, 4.69) is 10.3 Å². The molecule has 1 saturated heterocycles. The number of nitrogens with one attached hydrogen (secondary N) is 1. The van der Waals surface area contributed by atoms with Crippen molar-refractivity contribution in [3.05, 3.63) is 66.4 Å². The lowest BCUT2D eigenvalue weighted by molar-refractivity contribution is -0.117. The van der Waals surface area contributed by atoms with Crippen molar-refractivity contribution >= 4 is 28.4 Å². The fourth-order valence-corrected chi connectivity index (χ4v) is 3.33. The van der Waals surface area contributed by atoms with E-state index in [0.717, 1.165) is 29.6 Å². The van der Waals surface area contributed by atoms with E-state index in [0.29, 0.717) is 30.9 Å². The monoisotopic (exact) mass is 375 g/mol. The predicted octanol–water partition coefficient (Wildman–Crippen LogP) is 3.17. The van der Waals surface area contributed by atoms with Gasteiger partial charge in [0, 0.05) is 35.8 Å². The van der Waals surface area contributed by atoms with Gasteiger partial charge in [-0.3, -0.25) is 14.6 Å². The van der Waals surface area contributed by atoms with Crippen LogP contribution in [-0.4, -0.2) is 36.5 Å². The van der Waals surface area contributed by atoms with Crippen molar-refractivity contribution in [1.29, 1.82) is 0 Å². The van der Waals surface area contributed by atoms with Crippen LogP contribution in [0.15, 0.2) is 60.8 Å². The molecule has 1 aliphatic rings. The minimum atomic E-state index is -0.168. The lowest BCUT2D eigenvalue weighted by Crippen LogP contribution is -2.28. The Balaban J connectivity index is 1.30. The molecule has 28 heavy (non-hydrogen) atoms. The van der Waals surface area contributed by atoms with E-state index in [1.54, 1.807) is 23.2 Å². The number of para-hydroxylation sites is 1. The third kappa shape index (κ3) is 3.81. The van der Waals surface area contributed by atoms with Crippen LogP contribution in [0.3, 0.4) is 0 Å². The summed E-state index contributed by atoms with van der Waals surface area (Å²) in [5.74, 6) is 0.670. The van der Waals surface area contributed by atoms with Crippen molar-refractivity contribution < 1.29 is 14.3 Å². The highest BCUT2D eigenvalue weighted by molar-refractivity contribution is 5.97. The molecule has 0 aliphatic carbocycles. The molecule has 0 bridgehead atoms. The van der Waals surface area contributed by atoms with E-state index in [-0.39, 0.29) is 11.8 Å². The van der Waals surface area contributed by atoms with Gasteiger partial charge in [0.15, 0.2) is 0 Å². The number of fused-ring (bicyclic) bond motifs is 1. The van der Waals surface area contributed by atoms with Crippen molar-refractivity contribution in [2.75, 3.05) is 24.6 Å². The van der Waals surface area contributed by atoms with Crippen LogP contribution in [-0.2, 0) is 4.79 Å². The van der Waals surface area contributed by atoms with Crippen LogP contribution >= 0.6 is 0 Å². The number of hydrogen-bond acceptors (Lipinski definition) is 4. The van der Waals surface area contributed by atoms with Gasteiger partial charge in [-0.25, -0.2) is 0 Å². The molecule has 3 aromatic rings. The lowest BCUT2D eigenvalue weighted by atomic mass is 10.2. The average Bonchev–Trinajstić information content (AvgIpc) is 3.17. The molecular weight excluding hydrogens is 354 g/mol. The van der Waals surface area contributed by atoms with Gasteiger partial charge in [0.25, 0.3) is 5.91 Å². The molecule has 0 radical (unpaired) electrons. The number of rotatable bonds is 6. The molecule has 0 spiro atoms. The smallest absolute Gasteiger partial charge is 0.251 e. The highest BCUT2D eigenvalue weighted by Gasteiger charge is 2.21. The number of carbonyl (C=O) groups excluding carboxylic acids is 2. The first-order valence-electron chi connectivity index (χ1n) is 9.37. The molecular formula is C22H21N3O3. The predicted molar refractivity (Wildman–Crippen MR) is 108 cm³/mol. The van der Waals surface area contributed by atoms with E-state index in [9.17, 15) is 9.59 Å². The Kier molecular flexibility index (Phi) is 5.19. The first-order valence-corrected chi connectivity index (χ1v) is 9.37. The lowest BCUT2D eigenvalue weighted by Gasteiger charge is -2.15. The van der Waals surface area contributed by atoms with E-state index < -0.39 is 0 Å². The van der Waals surface area contributed by atoms with Gasteiger partial charge in [-0.15, -0.1) is 0 Å². The first-order chi connectivity index (χ1) is 13.7. The van der Waals surface area contributed by atoms with Crippen LogP contribution < -0.4 is 15.0 Å². The maximum atomic E-state index is 12.3. The molecule has 2 amide bonds. The summed E-state index contributed by atoms with van der Waals surface area (Å²) < 4.78 is 5.78. The second kappa shape index (κ2) is 8.08. The standard InChI is InChI=1S/C22H21N3O3/c26-20-7-3-14-25(20)18-10-8-17(9-11-18)22(27)24-13-15-28-19-6-1-4-16-5-2-12-23-21(16)19/h1-2,4-6,8-12H,3,7,13-15H2,(H,24,27). The van der Waals surface area contributed by atoms with Gasteiger partial charge in [-0.1, -0.05) is 18.2 Å². The van der Waals surface area contributed by atoms with Gasteiger partial charge >= 0.3 is 0 Å². The summed E-state index contributed by atoms with van der Waals surface area (Å²) in [4.78, 5) is 30.2. The molecule has 4 rings (SSSR count). The Morgan fingerprint density at radius 3 is 2.71 bits per heavy atom. The number of carbonyl (C=O) groups is 2. The number of ether oxygens (including phenoxy) is 1. The van der Waals surface area contributed by atoms with Gasteiger partial charge < -0.3 is 15.0 Å². The van der Waals surface area contributed by atoms with Crippen LogP contribution in [0.5, 0.6) is 5.75 Å². The minimum absolute atomic E-state index is 0.136. The molecule has 142 valence electrons. The van der Waals surface area contributed by atoms with E-state index in [1.807, 2.05) is 42.5 Å². The summed E-state index contributed by atoms with van der Waals surface area (Å²) in [6.07, 6.45) is 3.21. The maximum Gasteiger partial charge on any atom is 0.251 e. The molecule has 0 saturated carbocycles. The summed E-state index contributed by atoms with van der Waals surface area (Å²) in [7, 11) is 0. The number of hydrogen-bond donors (Lipinski definition) is 1. The van der Waals surface area contributed by atoms with Crippen LogP contribution in [0.2, 0.25) is 0 Å². The Morgan fingerprint density at radius 2 is 1.93 bits per heavy atom. The number of amides is 2. The zero-order valence-corrected chi connectivity index (χ0v) is 15.4. The Bertz CT molecular complexity index is 996. The van der Waals surface area contributed by atoms with Gasteiger partial charge in [0.05, 0.1) is 6.54 Å². The Hall–Kier alpha value is -3.41. The topological polar surface area (TPSA) is 71.5 Å². The third-order valence-electron chi connectivity index (χ3n) is 4.76. The highest BCUT2D eigenvalue weighted by Crippen LogP contribution is 2.23. The summed E-state index contributed by atoms with van der Waals surface area (Å²) in [6.45, 7) is 1.47. The molecule has 6 nitrogen and oxygen atoms in total. The minimum Gasteiger partial charge on any atom is -0.489 e. The molecule has 1 aromatic heterocycles. The van der Waals surface area contributed by atoms with Crippen molar-refractivity contribution in [2.24, 2.45) is 0 Å². The van der Waals surface area contributed by atoms with Crippen molar-refractivity contribution in [3.8, 4) is 5.75 Å². The second-order valence-corrected chi connectivity index (χ2v) is 6.63. The molecule has 2 aromatic carbocycles. The molecule has 2 heterocycles. The normalized spacial score (nSPS) is 13.7. The quantitative estimate of drug-likeness (QED) is 0.672. The van der Waals surface area contributed by atoms with Gasteiger partial charge in [-0.05, 0) is 42.8 Å². The number of pyridine rings is 1. The van der Waals surface area contributed by atoms with Crippen LogP contribution in [0.4, 0.5) is 5.69 Å². The molecule has 1 fully saturated rings. The van der Waals surface area contributed by atoms with Gasteiger partial charge in [-0.2, -0.15) is 0 Å². The summed E-state index contributed by atoms with van der Waals surface area (Å²) in [6, 6.07) is 16.8. The van der Waals surface area contributed by atoms with Crippen LogP contribution in [0.25, 0.3) is 10.9 Å². The SMILES string of the molecule is O=C(NCCOc1cccc2cccnc12)c1ccc(N2CCCC2=O)cc1. The molecule has 6 heteroatoms. The summed E-state index contributed by atoms with van der Waals surface area (Å²) in [5.41, 5.74) is 2.21. The molecule has 1 N–H and O–H groups in total. The maximum absolute atomic E-state index is 12.3. The van der Waals surface area contributed by atoms with E-state index >= 15 is 0 Å². The van der Waals surface area contributed by atoms with Gasteiger partial charge in [0.1, 0.15) is 17.9 Å².